The minimum absolute atomic E-state index is 0.00770. The van der Waals surface area contributed by atoms with E-state index < -0.39 is 4.92 Å². The van der Waals surface area contributed by atoms with Crippen molar-refractivity contribution in [2.75, 3.05) is 17.2 Å². The maximum absolute atomic E-state index is 11.0. The molecule has 7 heteroatoms. The zero-order valence-corrected chi connectivity index (χ0v) is 13.3. The van der Waals surface area contributed by atoms with Gasteiger partial charge >= 0.3 is 0 Å². The lowest BCUT2D eigenvalue weighted by molar-refractivity contribution is -0.384. The summed E-state index contributed by atoms with van der Waals surface area (Å²) in [5, 5.41) is 17.1. The Bertz CT molecular complexity index is 676. The van der Waals surface area contributed by atoms with Crippen LogP contribution in [0, 0.1) is 17.0 Å². The van der Waals surface area contributed by atoms with Gasteiger partial charge in [-0.3, -0.25) is 10.1 Å². The van der Waals surface area contributed by atoms with Crippen LogP contribution < -0.4 is 10.6 Å². The first-order chi connectivity index (χ1) is 9.99. The van der Waals surface area contributed by atoms with Crippen molar-refractivity contribution in [3.8, 4) is 0 Å². The van der Waals surface area contributed by atoms with E-state index in [0.29, 0.717) is 18.2 Å². The van der Waals surface area contributed by atoms with Gasteiger partial charge in [-0.25, -0.2) is 4.98 Å². The van der Waals surface area contributed by atoms with E-state index in [4.69, 9.17) is 0 Å². The predicted molar refractivity (Wildman–Crippen MR) is 87.2 cm³/mol. The van der Waals surface area contributed by atoms with Crippen molar-refractivity contribution in [1.82, 2.24) is 4.98 Å². The molecule has 0 aliphatic carbocycles. The van der Waals surface area contributed by atoms with E-state index in [-0.39, 0.29) is 5.69 Å². The maximum Gasteiger partial charge on any atom is 0.276 e. The van der Waals surface area contributed by atoms with Crippen molar-refractivity contribution >= 4 is 38.9 Å². The fraction of sp³-hybridized carbons (Fsp3) is 0.214. The van der Waals surface area contributed by atoms with Gasteiger partial charge in [0.05, 0.1) is 22.7 Å². The molecule has 0 saturated carbocycles. The second-order valence-electron chi connectivity index (χ2n) is 4.49. The van der Waals surface area contributed by atoms with Crippen LogP contribution in [-0.4, -0.2) is 16.5 Å². The van der Waals surface area contributed by atoms with Gasteiger partial charge in [-0.15, -0.1) is 0 Å². The molecule has 2 N–H and O–H groups in total. The number of rotatable bonds is 5. The summed E-state index contributed by atoms with van der Waals surface area (Å²) in [6, 6.07) is 8.64. The number of anilines is 3. The summed E-state index contributed by atoms with van der Waals surface area (Å²) in [5.74, 6) is 0.891. The molecule has 1 aromatic heterocycles. The molecule has 0 radical (unpaired) electrons. The number of nitrogens with one attached hydrogen (secondary N) is 2. The van der Waals surface area contributed by atoms with Crippen molar-refractivity contribution in [2.45, 2.75) is 13.8 Å². The standard InChI is InChI=1S/C14H15BrN4O2/c1-3-16-13-7-10(19(20)21)8-14(18-13)17-12-5-4-9(2)6-11(12)15/h4-8H,3H2,1-2H3,(H2,16,17,18). The monoisotopic (exact) mass is 350 g/mol. The molecule has 0 saturated heterocycles. The second kappa shape index (κ2) is 6.53. The molecule has 1 heterocycles. The van der Waals surface area contributed by atoms with Gasteiger partial charge in [0.1, 0.15) is 11.6 Å². The second-order valence-corrected chi connectivity index (χ2v) is 5.35. The fourth-order valence-electron chi connectivity index (χ4n) is 1.82. The summed E-state index contributed by atoms with van der Waals surface area (Å²) in [4.78, 5) is 14.9. The normalized spacial score (nSPS) is 10.2. The topological polar surface area (TPSA) is 80.1 Å². The average Bonchev–Trinajstić information content (AvgIpc) is 2.42. The van der Waals surface area contributed by atoms with Crippen LogP contribution in [0.4, 0.5) is 23.0 Å². The Balaban J connectivity index is 2.36. The van der Waals surface area contributed by atoms with Gasteiger partial charge in [0.25, 0.3) is 5.69 Å². The summed E-state index contributed by atoms with van der Waals surface area (Å²) in [7, 11) is 0. The molecule has 1 aromatic carbocycles. The van der Waals surface area contributed by atoms with Crippen LogP contribution >= 0.6 is 15.9 Å². The van der Waals surface area contributed by atoms with Crippen LogP contribution in [0.15, 0.2) is 34.8 Å². The van der Waals surface area contributed by atoms with Crippen LogP contribution in [0.2, 0.25) is 0 Å². The summed E-state index contributed by atoms with van der Waals surface area (Å²) < 4.78 is 0.876. The molecule has 0 bridgehead atoms. The lowest BCUT2D eigenvalue weighted by atomic mass is 10.2. The minimum Gasteiger partial charge on any atom is -0.370 e. The number of hydrogen-bond donors (Lipinski definition) is 2. The van der Waals surface area contributed by atoms with Crippen molar-refractivity contribution in [3.63, 3.8) is 0 Å². The van der Waals surface area contributed by atoms with Crippen molar-refractivity contribution in [2.24, 2.45) is 0 Å². The van der Waals surface area contributed by atoms with Crippen molar-refractivity contribution in [3.05, 3.63) is 50.5 Å². The van der Waals surface area contributed by atoms with Crippen LogP contribution in [0.25, 0.3) is 0 Å². The molecule has 6 nitrogen and oxygen atoms in total. The summed E-state index contributed by atoms with van der Waals surface area (Å²) in [5.41, 5.74) is 1.91. The van der Waals surface area contributed by atoms with Gasteiger partial charge in [0, 0.05) is 11.0 Å². The summed E-state index contributed by atoms with van der Waals surface area (Å²) >= 11 is 3.46. The first-order valence-corrected chi connectivity index (χ1v) is 7.22. The first kappa shape index (κ1) is 15.2. The maximum atomic E-state index is 11.0. The van der Waals surface area contributed by atoms with Crippen LogP contribution in [0.5, 0.6) is 0 Å². The number of halogens is 1. The summed E-state index contributed by atoms with van der Waals surface area (Å²) in [6.07, 6.45) is 0. The Labute approximate surface area is 130 Å². The van der Waals surface area contributed by atoms with E-state index in [0.717, 1.165) is 15.7 Å². The Hall–Kier alpha value is -2.15. The number of hydrogen-bond acceptors (Lipinski definition) is 5. The number of nitro groups is 1. The number of benzene rings is 1. The average molecular weight is 351 g/mol. The molecule has 21 heavy (non-hydrogen) atoms. The van der Waals surface area contributed by atoms with Crippen LogP contribution in [0.1, 0.15) is 12.5 Å². The van der Waals surface area contributed by atoms with Gasteiger partial charge in [0.15, 0.2) is 0 Å². The van der Waals surface area contributed by atoms with Gasteiger partial charge < -0.3 is 10.6 Å². The van der Waals surface area contributed by atoms with E-state index in [1.165, 1.54) is 12.1 Å². The van der Waals surface area contributed by atoms with E-state index >= 15 is 0 Å². The van der Waals surface area contributed by atoms with Crippen LogP contribution in [0.3, 0.4) is 0 Å². The number of aromatic nitrogens is 1. The van der Waals surface area contributed by atoms with Gasteiger partial charge in [0.2, 0.25) is 0 Å². The van der Waals surface area contributed by atoms with Crippen molar-refractivity contribution < 1.29 is 4.92 Å². The molecule has 2 rings (SSSR count). The number of pyridine rings is 1. The van der Waals surface area contributed by atoms with Gasteiger partial charge in [-0.05, 0) is 47.5 Å². The highest BCUT2D eigenvalue weighted by molar-refractivity contribution is 9.10. The van der Waals surface area contributed by atoms with Gasteiger partial charge in [-0.1, -0.05) is 6.07 Å². The molecular weight excluding hydrogens is 336 g/mol. The predicted octanol–water partition coefficient (Wildman–Crippen LogP) is 4.24. The molecule has 0 spiro atoms. The molecular formula is C14H15BrN4O2. The van der Waals surface area contributed by atoms with Crippen molar-refractivity contribution in [1.29, 1.82) is 0 Å². The molecule has 0 amide bonds. The molecule has 0 unspecified atom stereocenters. The third kappa shape index (κ3) is 3.91. The Morgan fingerprint density at radius 3 is 2.62 bits per heavy atom. The third-order valence-electron chi connectivity index (χ3n) is 2.77. The Morgan fingerprint density at radius 2 is 2.00 bits per heavy atom. The lowest BCUT2D eigenvalue weighted by Gasteiger charge is -2.10. The zero-order valence-electron chi connectivity index (χ0n) is 11.7. The van der Waals surface area contributed by atoms with E-state index in [1.54, 1.807) is 0 Å². The molecule has 0 aliphatic rings. The zero-order chi connectivity index (χ0) is 15.4. The highest BCUT2D eigenvalue weighted by Gasteiger charge is 2.12. The highest BCUT2D eigenvalue weighted by atomic mass is 79.9. The molecule has 0 aliphatic heterocycles. The first-order valence-electron chi connectivity index (χ1n) is 6.43. The SMILES string of the molecule is CCNc1cc([N+](=O)[O-])cc(Nc2ccc(C)cc2Br)n1. The molecule has 0 atom stereocenters. The minimum atomic E-state index is -0.433. The third-order valence-corrected chi connectivity index (χ3v) is 3.42. The Morgan fingerprint density at radius 1 is 1.29 bits per heavy atom. The molecule has 2 aromatic rings. The number of aryl methyl sites for hydroxylation is 1. The van der Waals surface area contributed by atoms with E-state index in [1.807, 2.05) is 32.0 Å². The van der Waals surface area contributed by atoms with Gasteiger partial charge in [-0.2, -0.15) is 0 Å². The number of nitrogens with zero attached hydrogens (tertiary/aromatic N) is 2. The largest absolute Gasteiger partial charge is 0.370 e. The van der Waals surface area contributed by atoms with Crippen LogP contribution in [-0.2, 0) is 0 Å². The quantitative estimate of drug-likeness (QED) is 0.622. The van der Waals surface area contributed by atoms with E-state index in [9.17, 15) is 10.1 Å². The van der Waals surface area contributed by atoms with E-state index in [2.05, 4.69) is 31.5 Å². The summed E-state index contributed by atoms with van der Waals surface area (Å²) in [6.45, 7) is 4.54. The fourth-order valence-corrected chi connectivity index (χ4v) is 2.41. The smallest absolute Gasteiger partial charge is 0.276 e. The lowest BCUT2D eigenvalue weighted by Crippen LogP contribution is -2.03. The Kier molecular flexibility index (Phi) is 4.74. The molecule has 0 fully saturated rings. The highest BCUT2D eigenvalue weighted by Crippen LogP contribution is 2.28. The molecule has 110 valence electrons.